The van der Waals surface area contributed by atoms with Crippen LogP contribution in [0.5, 0.6) is 5.75 Å². The minimum Gasteiger partial charge on any atom is -0.492 e. The van der Waals surface area contributed by atoms with Crippen molar-refractivity contribution in [2.24, 2.45) is 0 Å². The van der Waals surface area contributed by atoms with Gasteiger partial charge in [-0.05, 0) is 89.1 Å². The molecule has 1 aliphatic heterocycles. The molecule has 1 aliphatic rings. The maximum Gasteiger partial charge on any atom is 0.251 e. The Labute approximate surface area is 231 Å². The number of hydrogen-bond acceptors (Lipinski definition) is 3. The van der Waals surface area contributed by atoms with Crippen molar-refractivity contribution in [1.82, 2.24) is 10.2 Å². The normalized spacial score (nSPS) is 13.5. The molecular formula is C30H31BrClFN2O2. The Hall–Kier alpha value is -2.67. The Bertz CT molecular complexity index is 1260. The van der Waals surface area contributed by atoms with Crippen molar-refractivity contribution in [3.8, 4) is 5.75 Å². The van der Waals surface area contributed by atoms with Crippen molar-refractivity contribution in [3.63, 3.8) is 0 Å². The fourth-order valence-electron chi connectivity index (χ4n) is 4.48. The predicted molar refractivity (Wildman–Crippen MR) is 151 cm³/mol. The molecule has 0 atom stereocenters. The third kappa shape index (κ3) is 7.22. The van der Waals surface area contributed by atoms with E-state index in [-0.39, 0.29) is 11.7 Å². The van der Waals surface area contributed by atoms with Gasteiger partial charge < -0.3 is 15.0 Å². The number of likely N-dealkylation sites (N-methyl/N-ethyl adjacent to an activating group) is 1. The van der Waals surface area contributed by atoms with E-state index >= 15 is 0 Å². The van der Waals surface area contributed by atoms with E-state index < -0.39 is 0 Å². The summed E-state index contributed by atoms with van der Waals surface area (Å²) in [5.74, 6) is 0.250. The summed E-state index contributed by atoms with van der Waals surface area (Å²) in [5.41, 5.74) is 5.15. The molecule has 37 heavy (non-hydrogen) atoms. The van der Waals surface area contributed by atoms with Crippen molar-refractivity contribution < 1.29 is 13.9 Å². The highest BCUT2D eigenvalue weighted by Crippen LogP contribution is 2.28. The number of nitrogens with one attached hydrogen (secondary N) is 1. The first kappa shape index (κ1) is 27.4. The summed E-state index contributed by atoms with van der Waals surface area (Å²) in [7, 11) is 0. The van der Waals surface area contributed by atoms with Crippen molar-refractivity contribution in [2.45, 2.75) is 32.7 Å². The average molecular weight is 586 g/mol. The van der Waals surface area contributed by atoms with Crippen molar-refractivity contribution >= 4 is 39.0 Å². The molecule has 4 rings (SSSR count). The Morgan fingerprint density at radius 2 is 1.92 bits per heavy atom. The highest BCUT2D eigenvalue weighted by atomic mass is 79.9. The number of ether oxygens (including phenoxy) is 1. The average Bonchev–Trinajstić information content (AvgIpc) is 2.92. The minimum atomic E-state index is -0.315. The molecule has 0 spiro atoms. The molecule has 0 aromatic heterocycles. The number of hydrogen-bond donors (Lipinski definition) is 1. The summed E-state index contributed by atoms with van der Waals surface area (Å²) in [5, 5.41) is 4.04. The van der Waals surface area contributed by atoms with Gasteiger partial charge in [0.1, 0.15) is 11.6 Å². The molecule has 1 heterocycles. The summed E-state index contributed by atoms with van der Waals surface area (Å²) < 4.78 is 19.9. The van der Waals surface area contributed by atoms with E-state index in [0.29, 0.717) is 37.0 Å². The molecule has 3 aromatic carbocycles. The van der Waals surface area contributed by atoms with E-state index in [1.54, 1.807) is 6.07 Å². The van der Waals surface area contributed by atoms with Crippen LogP contribution in [0.1, 0.15) is 36.5 Å². The summed E-state index contributed by atoms with van der Waals surface area (Å²) in [6.07, 6.45) is 2.47. The first-order valence-corrected chi connectivity index (χ1v) is 13.8. The maximum absolute atomic E-state index is 13.6. The quantitative estimate of drug-likeness (QED) is 0.259. The molecule has 4 nitrogen and oxygen atoms in total. The van der Waals surface area contributed by atoms with E-state index in [0.717, 1.165) is 52.6 Å². The van der Waals surface area contributed by atoms with Gasteiger partial charge in [-0.2, -0.15) is 0 Å². The van der Waals surface area contributed by atoms with Gasteiger partial charge in [0.05, 0.1) is 11.1 Å². The molecule has 0 fully saturated rings. The Kier molecular flexibility index (Phi) is 9.78. The van der Waals surface area contributed by atoms with E-state index in [1.807, 2.05) is 36.1 Å². The fraction of sp³-hybridized carbons (Fsp3) is 0.300. The van der Waals surface area contributed by atoms with Gasteiger partial charge >= 0.3 is 0 Å². The second-order valence-electron chi connectivity index (χ2n) is 9.02. The van der Waals surface area contributed by atoms with Crippen LogP contribution in [0.4, 0.5) is 4.39 Å². The van der Waals surface area contributed by atoms with Crippen LogP contribution >= 0.6 is 27.5 Å². The van der Waals surface area contributed by atoms with Gasteiger partial charge in [-0.3, -0.25) is 4.79 Å². The van der Waals surface area contributed by atoms with Gasteiger partial charge in [-0.25, -0.2) is 4.39 Å². The van der Waals surface area contributed by atoms with Crippen LogP contribution in [0, 0.1) is 5.82 Å². The van der Waals surface area contributed by atoms with Crippen LogP contribution in [0.25, 0.3) is 5.57 Å². The Balaban J connectivity index is 1.41. The number of carbonyl (C=O) groups excluding carboxylic acids is 1. The number of aryl methyl sites for hydroxylation is 1. The molecule has 1 amide bonds. The lowest BCUT2D eigenvalue weighted by molar-refractivity contribution is -0.127. The lowest BCUT2D eigenvalue weighted by Gasteiger charge is -2.27. The SMILES string of the molecule is CCN(Cc1ccccc1Cl)C(=O)C1=C(c2ccc(CCCOc3cc(F)ccc3Br)cc2)CCNC1. The second kappa shape index (κ2) is 13.2. The van der Waals surface area contributed by atoms with E-state index in [2.05, 4.69) is 45.5 Å². The zero-order chi connectivity index (χ0) is 26.2. The zero-order valence-corrected chi connectivity index (χ0v) is 23.2. The number of halogens is 3. The summed E-state index contributed by atoms with van der Waals surface area (Å²) >= 11 is 9.75. The van der Waals surface area contributed by atoms with Crippen molar-refractivity contribution in [2.75, 3.05) is 26.2 Å². The van der Waals surface area contributed by atoms with Crippen LogP contribution in [0.2, 0.25) is 5.02 Å². The maximum atomic E-state index is 13.6. The number of amides is 1. The largest absolute Gasteiger partial charge is 0.492 e. The van der Waals surface area contributed by atoms with Crippen LogP contribution in [-0.4, -0.2) is 37.0 Å². The molecule has 0 unspecified atom stereocenters. The molecule has 0 saturated carbocycles. The number of rotatable bonds is 10. The summed E-state index contributed by atoms with van der Waals surface area (Å²) in [6, 6.07) is 20.5. The lowest BCUT2D eigenvalue weighted by Crippen LogP contribution is -2.37. The molecule has 0 saturated heterocycles. The smallest absolute Gasteiger partial charge is 0.251 e. The lowest BCUT2D eigenvalue weighted by atomic mass is 9.92. The van der Waals surface area contributed by atoms with Crippen LogP contribution in [0.3, 0.4) is 0 Å². The third-order valence-electron chi connectivity index (χ3n) is 6.53. The summed E-state index contributed by atoms with van der Waals surface area (Å²) in [4.78, 5) is 15.4. The zero-order valence-electron chi connectivity index (χ0n) is 20.9. The van der Waals surface area contributed by atoms with E-state index in [9.17, 15) is 9.18 Å². The van der Waals surface area contributed by atoms with Crippen LogP contribution < -0.4 is 10.1 Å². The predicted octanol–water partition coefficient (Wildman–Crippen LogP) is 7.05. The van der Waals surface area contributed by atoms with Gasteiger partial charge in [0.25, 0.3) is 5.91 Å². The molecule has 7 heteroatoms. The molecule has 0 radical (unpaired) electrons. The van der Waals surface area contributed by atoms with Crippen molar-refractivity contribution in [1.29, 1.82) is 0 Å². The highest BCUT2D eigenvalue weighted by molar-refractivity contribution is 9.10. The van der Waals surface area contributed by atoms with Gasteiger partial charge in [-0.15, -0.1) is 0 Å². The number of nitrogens with zero attached hydrogens (tertiary/aromatic N) is 1. The Morgan fingerprint density at radius 3 is 2.68 bits per heavy atom. The second-order valence-corrected chi connectivity index (χ2v) is 10.3. The fourth-order valence-corrected chi connectivity index (χ4v) is 5.03. The minimum absolute atomic E-state index is 0.0503. The van der Waals surface area contributed by atoms with Gasteiger partial charge in [0.2, 0.25) is 0 Å². The van der Waals surface area contributed by atoms with Crippen molar-refractivity contribution in [3.05, 3.63) is 104 Å². The molecule has 0 aliphatic carbocycles. The van der Waals surface area contributed by atoms with Crippen LogP contribution in [-0.2, 0) is 17.8 Å². The number of carbonyl (C=O) groups is 1. The first-order chi connectivity index (χ1) is 18.0. The summed E-state index contributed by atoms with van der Waals surface area (Å²) in [6.45, 7) is 4.99. The molecule has 3 aromatic rings. The van der Waals surface area contributed by atoms with E-state index in [4.69, 9.17) is 16.3 Å². The van der Waals surface area contributed by atoms with Gasteiger partial charge in [-0.1, -0.05) is 54.1 Å². The Morgan fingerprint density at radius 1 is 1.14 bits per heavy atom. The molecule has 0 bridgehead atoms. The standard InChI is InChI=1S/C30H31BrClFN2O2/c1-2-35(20-23-7-3-4-8-28(23)32)30(36)26-19-34-16-15-25(26)22-11-9-21(10-12-22)6-5-17-37-29-18-24(33)13-14-27(29)31/h3-4,7-14,18,34H,2,5-6,15-17,19-20H2,1H3. The van der Waals surface area contributed by atoms with Gasteiger partial charge in [0, 0.05) is 36.3 Å². The third-order valence-corrected chi connectivity index (χ3v) is 7.55. The topological polar surface area (TPSA) is 41.6 Å². The first-order valence-electron chi connectivity index (χ1n) is 12.6. The number of benzene rings is 3. The highest BCUT2D eigenvalue weighted by Gasteiger charge is 2.24. The molecular weight excluding hydrogens is 555 g/mol. The van der Waals surface area contributed by atoms with Gasteiger partial charge in [0.15, 0.2) is 0 Å². The van der Waals surface area contributed by atoms with E-state index in [1.165, 1.54) is 17.7 Å². The molecule has 194 valence electrons. The van der Waals surface area contributed by atoms with Crippen LogP contribution in [0.15, 0.2) is 76.8 Å². The monoisotopic (exact) mass is 584 g/mol. The molecule has 1 N–H and O–H groups in total.